The number of hydrogen-bond donors (Lipinski definition) is 1. The van der Waals surface area contributed by atoms with Crippen LogP contribution in [0, 0.1) is 5.92 Å². The third-order valence-electron chi connectivity index (χ3n) is 6.66. The summed E-state index contributed by atoms with van der Waals surface area (Å²) in [5.74, 6) is 1.42. The molecule has 1 unspecified atom stereocenters. The Morgan fingerprint density at radius 3 is 2.76 bits per heavy atom. The lowest BCUT2D eigenvalue weighted by molar-refractivity contribution is -0.134. The number of nitrogens with one attached hydrogen (secondary N) is 1. The average molecular weight is 466 g/mol. The number of ether oxygens (including phenoxy) is 2. The summed E-state index contributed by atoms with van der Waals surface area (Å²) >= 11 is 0. The second-order valence-corrected chi connectivity index (χ2v) is 9.36. The fourth-order valence-electron chi connectivity index (χ4n) is 4.70. The van der Waals surface area contributed by atoms with Crippen LogP contribution in [0.4, 0.5) is 5.95 Å². The van der Waals surface area contributed by atoms with Crippen LogP contribution < -0.4 is 9.64 Å². The molecular formula is C24H31N7O3. The molecule has 2 aliphatic rings. The van der Waals surface area contributed by atoms with E-state index >= 15 is 0 Å². The molecule has 1 saturated carbocycles. The van der Waals surface area contributed by atoms with E-state index in [1.165, 1.54) is 0 Å². The van der Waals surface area contributed by atoms with Crippen molar-refractivity contribution in [3.05, 3.63) is 24.4 Å². The molecule has 180 valence electrons. The molecule has 1 atom stereocenters. The molecular weight excluding hydrogens is 434 g/mol. The van der Waals surface area contributed by atoms with E-state index in [0.717, 1.165) is 42.1 Å². The number of fused-ring (bicyclic) bond motifs is 1. The Balaban J connectivity index is 1.41. The van der Waals surface area contributed by atoms with Crippen molar-refractivity contribution in [2.24, 2.45) is 5.92 Å². The van der Waals surface area contributed by atoms with E-state index in [1.807, 2.05) is 32.3 Å². The van der Waals surface area contributed by atoms with E-state index in [4.69, 9.17) is 19.4 Å². The predicted octanol–water partition coefficient (Wildman–Crippen LogP) is 2.67. The summed E-state index contributed by atoms with van der Waals surface area (Å²) < 4.78 is 11.9. The van der Waals surface area contributed by atoms with Crippen molar-refractivity contribution in [2.75, 3.05) is 38.8 Å². The molecule has 0 radical (unpaired) electrons. The molecule has 1 aliphatic heterocycles. The smallest absolute Gasteiger partial charge is 0.322 e. The van der Waals surface area contributed by atoms with Gasteiger partial charge in [0.2, 0.25) is 11.9 Å². The van der Waals surface area contributed by atoms with E-state index in [9.17, 15) is 4.79 Å². The zero-order valence-electron chi connectivity index (χ0n) is 19.9. The van der Waals surface area contributed by atoms with Crippen LogP contribution in [0.5, 0.6) is 6.01 Å². The molecule has 1 aromatic carbocycles. The van der Waals surface area contributed by atoms with Crippen LogP contribution in [-0.4, -0.2) is 82.0 Å². The quantitative estimate of drug-likeness (QED) is 0.613. The predicted molar refractivity (Wildman–Crippen MR) is 128 cm³/mol. The van der Waals surface area contributed by atoms with Gasteiger partial charge in [-0.2, -0.15) is 20.1 Å². The van der Waals surface area contributed by atoms with E-state index in [1.54, 1.807) is 11.1 Å². The summed E-state index contributed by atoms with van der Waals surface area (Å²) in [6, 6.07) is 6.45. The molecule has 3 aromatic rings. The molecule has 0 spiro atoms. The van der Waals surface area contributed by atoms with Crippen LogP contribution in [0.25, 0.3) is 22.3 Å². The number of carbonyl (C=O) groups excluding carboxylic acids is 1. The third-order valence-corrected chi connectivity index (χ3v) is 6.66. The largest absolute Gasteiger partial charge is 0.460 e. The lowest BCUT2D eigenvalue weighted by Crippen LogP contribution is -2.44. The van der Waals surface area contributed by atoms with Crippen LogP contribution in [0.1, 0.15) is 32.6 Å². The van der Waals surface area contributed by atoms with Gasteiger partial charge in [-0.25, -0.2) is 0 Å². The van der Waals surface area contributed by atoms with Crippen LogP contribution in [0.3, 0.4) is 0 Å². The third kappa shape index (κ3) is 4.68. The number of hydrogen-bond acceptors (Lipinski definition) is 8. The number of aromatic amines is 1. The summed E-state index contributed by atoms with van der Waals surface area (Å²) in [5.41, 5.74) is 1.84. The minimum atomic E-state index is -0.0206. The topological polar surface area (TPSA) is 109 Å². The first kappa shape index (κ1) is 22.5. The van der Waals surface area contributed by atoms with Gasteiger partial charge in [-0.15, -0.1) is 0 Å². The molecule has 1 saturated heterocycles. The molecule has 3 heterocycles. The number of amides is 1. The number of benzene rings is 1. The highest BCUT2D eigenvalue weighted by Gasteiger charge is 2.29. The zero-order chi connectivity index (χ0) is 23.7. The Morgan fingerprint density at radius 2 is 2.00 bits per heavy atom. The number of carbonyl (C=O) groups is 1. The summed E-state index contributed by atoms with van der Waals surface area (Å²) in [5, 5.41) is 8.07. The normalized spacial score (nSPS) is 23.1. The number of rotatable bonds is 5. The van der Waals surface area contributed by atoms with Crippen LogP contribution in [0.2, 0.25) is 0 Å². The first-order valence-electron chi connectivity index (χ1n) is 11.9. The van der Waals surface area contributed by atoms with Gasteiger partial charge in [0.05, 0.1) is 31.0 Å². The van der Waals surface area contributed by atoms with Crippen molar-refractivity contribution in [3.8, 4) is 17.4 Å². The number of aromatic nitrogens is 5. The Kier molecular flexibility index (Phi) is 6.32. The monoisotopic (exact) mass is 465 g/mol. The second kappa shape index (κ2) is 9.54. The Morgan fingerprint density at radius 1 is 1.18 bits per heavy atom. The maximum atomic E-state index is 12.3. The van der Waals surface area contributed by atoms with E-state index < -0.39 is 0 Å². The standard InChI is InChI=1S/C24H31N7O3/c1-15-14-33-11-10-31(15)23-26-21(17-6-9-20-18(12-17)13-25-29-20)27-24(28-23)34-19-7-4-16(5-8-19)22(32)30(2)3/h6,9,12-13,15-16,19H,4-5,7-8,10-11,14H2,1-3H3,(H,25,29). The first-order valence-corrected chi connectivity index (χ1v) is 11.9. The second-order valence-electron chi connectivity index (χ2n) is 9.36. The van der Waals surface area contributed by atoms with E-state index in [0.29, 0.717) is 37.5 Å². The van der Waals surface area contributed by atoms with Gasteiger partial charge in [0.1, 0.15) is 6.10 Å². The molecule has 1 N–H and O–H groups in total. The summed E-state index contributed by atoms with van der Waals surface area (Å²) in [6.07, 6.45) is 4.99. The van der Waals surface area contributed by atoms with Crippen molar-refractivity contribution in [1.29, 1.82) is 0 Å². The Bertz CT molecular complexity index is 1160. The van der Waals surface area contributed by atoms with E-state index in [-0.39, 0.29) is 24.0 Å². The molecule has 2 aromatic heterocycles. The summed E-state index contributed by atoms with van der Waals surface area (Å²) in [7, 11) is 3.62. The SMILES string of the molecule is CC1COCCN1c1nc(OC2CCC(C(=O)N(C)C)CC2)nc(-c2ccc3[nH]ncc3c2)n1. The highest BCUT2D eigenvalue weighted by atomic mass is 16.5. The van der Waals surface area contributed by atoms with E-state index in [2.05, 4.69) is 27.0 Å². The van der Waals surface area contributed by atoms with Crippen LogP contribution in [0.15, 0.2) is 24.4 Å². The minimum Gasteiger partial charge on any atom is -0.460 e. The Hall–Kier alpha value is -3.27. The molecule has 10 nitrogen and oxygen atoms in total. The molecule has 5 rings (SSSR count). The van der Waals surface area contributed by atoms with Gasteiger partial charge in [-0.3, -0.25) is 9.89 Å². The number of morpholine rings is 1. The van der Waals surface area contributed by atoms with Gasteiger partial charge >= 0.3 is 6.01 Å². The van der Waals surface area contributed by atoms with Gasteiger partial charge in [0.25, 0.3) is 0 Å². The lowest BCUT2D eigenvalue weighted by atomic mass is 9.86. The zero-order valence-corrected chi connectivity index (χ0v) is 19.9. The molecule has 2 fully saturated rings. The highest BCUT2D eigenvalue weighted by molar-refractivity contribution is 5.82. The fourth-order valence-corrected chi connectivity index (χ4v) is 4.70. The number of anilines is 1. The van der Waals surface area contributed by atoms with Crippen LogP contribution >= 0.6 is 0 Å². The Labute approximate surface area is 198 Å². The van der Waals surface area contributed by atoms with Gasteiger partial charge in [-0.05, 0) is 50.8 Å². The maximum Gasteiger partial charge on any atom is 0.322 e. The van der Waals surface area contributed by atoms with Gasteiger partial charge in [-0.1, -0.05) is 0 Å². The van der Waals surface area contributed by atoms with Crippen molar-refractivity contribution < 1.29 is 14.3 Å². The summed E-state index contributed by atoms with van der Waals surface area (Å²) in [6.45, 7) is 4.07. The molecule has 34 heavy (non-hydrogen) atoms. The van der Waals surface area contributed by atoms with Crippen molar-refractivity contribution in [1.82, 2.24) is 30.0 Å². The fraction of sp³-hybridized carbons (Fsp3) is 0.542. The van der Waals surface area contributed by atoms with Gasteiger partial charge in [0, 0.05) is 37.5 Å². The van der Waals surface area contributed by atoms with Crippen molar-refractivity contribution >= 4 is 22.8 Å². The molecule has 10 heteroatoms. The molecule has 1 aliphatic carbocycles. The summed E-state index contributed by atoms with van der Waals surface area (Å²) in [4.78, 5) is 30.3. The highest BCUT2D eigenvalue weighted by Crippen LogP contribution is 2.30. The molecule has 0 bridgehead atoms. The average Bonchev–Trinajstić information content (AvgIpc) is 3.32. The van der Waals surface area contributed by atoms with Crippen molar-refractivity contribution in [3.63, 3.8) is 0 Å². The minimum absolute atomic E-state index is 0.0206. The first-order chi connectivity index (χ1) is 16.5. The molecule has 1 amide bonds. The van der Waals surface area contributed by atoms with Gasteiger partial charge in [0.15, 0.2) is 5.82 Å². The maximum absolute atomic E-state index is 12.3. The van der Waals surface area contributed by atoms with Gasteiger partial charge < -0.3 is 19.3 Å². The van der Waals surface area contributed by atoms with Crippen molar-refractivity contribution in [2.45, 2.75) is 44.8 Å². The number of nitrogens with zero attached hydrogens (tertiary/aromatic N) is 6. The number of H-pyrrole nitrogens is 1. The van der Waals surface area contributed by atoms with Crippen LogP contribution in [-0.2, 0) is 9.53 Å². The lowest BCUT2D eigenvalue weighted by Gasteiger charge is -2.33.